The molecule has 1 aromatic rings. The van der Waals surface area contributed by atoms with E-state index >= 15 is 0 Å². The van der Waals surface area contributed by atoms with E-state index < -0.39 is 10.0 Å². The van der Waals surface area contributed by atoms with Gasteiger partial charge in [0.05, 0.1) is 5.75 Å². The Morgan fingerprint density at radius 2 is 2.00 bits per heavy atom. The summed E-state index contributed by atoms with van der Waals surface area (Å²) in [5.41, 5.74) is 1.94. The maximum Gasteiger partial charge on any atom is 0.215 e. The molecule has 2 rings (SSSR count). The van der Waals surface area contributed by atoms with Gasteiger partial charge in [-0.1, -0.05) is 31.2 Å². The van der Waals surface area contributed by atoms with Crippen LogP contribution in [0.2, 0.25) is 0 Å². The van der Waals surface area contributed by atoms with Crippen molar-refractivity contribution in [3.63, 3.8) is 0 Å². The first kappa shape index (κ1) is 14.5. The Balaban J connectivity index is 1.92. The van der Waals surface area contributed by atoms with Gasteiger partial charge in [-0.25, -0.2) is 13.1 Å². The minimum atomic E-state index is -3.22. The second kappa shape index (κ2) is 6.03. The number of sulfonamides is 1. The van der Waals surface area contributed by atoms with Crippen LogP contribution in [0.15, 0.2) is 24.3 Å². The molecule has 1 aliphatic carbocycles. The maximum absolute atomic E-state index is 12.0. The zero-order valence-electron chi connectivity index (χ0n) is 11.5. The molecule has 0 bridgehead atoms. The van der Waals surface area contributed by atoms with Crippen LogP contribution in [0.25, 0.3) is 0 Å². The quantitative estimate of drug-likeness (QED) is 0.796. The molecule has 0 heterocycles. The zero-order valence-corrected chi connectivity index (χ0v) is 12.3. The summed E-state index contributed by atoms with van der Waals surface area (Å²) in [7, 11) is -1.34. The number of nitrogens with one attached hydrogen (secondary N) is 2. The fourth-order valence-corrected chi connectivity index (χ4v) is 3.41. The lowest BCUT2D eigenvalue weighted by atomic mass is 10.1. The van der Waals surface area contributed by atoms with Crippen molar-refractivity contribution in [3.8, 4) is 0 Å². The summed E-state index contributed by atoms with van der Waals surface area (Å²) in [5.74, 6) is 1.26. The highest BCUT2D eigenvalue weighted by Gasteiger charge is 2.33. The lowest BCUT2D eigenvalue weighted by molar-refractivity contribution is 0.573. The van der Waals surface area contributed by atoms with E-state index in [1.54, 1.807) is 0 Å². The summed E-state index contributed by atoms with van der Waals surface area (Å²) >= 11 is 0. The standard InChI is InChI=1S/C14H22N2O2S/c1-11-6-14(11)9-16-19(17,18)10-13-5-3-4-12(7-13)8-15-2/h3-5,7,11,14-16H,6,8-10H2,1-2H3. The third-order valence-electron chi connectivity index (χ3n) is 3.57. The maximum atomic E-state index is 12.0. The zero-order chi connectivity index (χ0) is 13.9. The van der Waals surface area contributed by atoms with Gasteiger partial charge in [-0.15, -0.1) is 0 Å². The minimum absolute atomic E-state index is 0.0612. The molecule has 0 amide bonds. The average molecular weight is 282 g/mol. The highest BCUT2D eigenvalue weighted by atomic mass is 32.2. The van der Waals surface area contributed by atoms with Gasteiger partial charge in [0.15, 0.2) is 0 Å². The molecule has 1 aromatic carbocycles. The largest absolute Gasteiger partial charge is 0.316 e. The molecule has 0 radical (unpaired) electrons. The molecule has 19 heavy (non-hydrogen) atoms. The second-order valence-electron chi connectivity index (χ2n) is 5.43. The average Bonchev–Trinajstić information content (AvgIpc) is 3.03. The van der Waals surface area contributed by atoms with Crippen LogP contribution in [0.3, 0.4) is 0 Å². The van der Waals surface area contributed by atoms with E-state index in [4.69, 9.17) is 0 Å². The van der Waals surface area contributed by atoms with Gasteiger partial charge in [-0.05, 0) is 36.4 Å². The highest BCUT2D eigenvalue weighted by molar-refractivity contribution is 7.88. The smallest absolute Gasteiger partial charge is 0.215 e. The first-order valence-corrected chi connectivity index (χ1v) is 8.35. The van der Waals surface area contributed by atoms with E-state index in [-0.39, 0.29) is 5.75 Å². The molecule has 0 aliphatic heterocycles. The molecule has 0 aromatic heterocycles. The van der Waals surface area contributed by atoms with Crippen molar-refractivity contribution in [2.45, 2.75) is 25.6 Å². The second-order valence-corrected chi connectivity index (χ2v) is 7.24. The Hall–Kier alpha value is -0.910. The molecule has 0 spiro atoms. The van der Waals surface area contributed by atoms with Gasteiger partial charge in [0.1, 0.15) is 0 Å². The number of hydrogen-bond donors (Lipinski definition) is 2. The van der Waals surface area contributed by atoms with Crippen molar-refractivity contribution in [2.75, 3.05) is 13.6 Å². The third kappa shape index (κ3) is 4.60. The molecule has 1 fully saturated rings. The molecule has 1 saturated carbocycles. The van der Waals surface area contributed by atoms with Crippen LogP contribution in [-0.2, 0) is 22.3 Å². The van der Waals surface area contributed by atoms with Crippen LogP contribution in [0.1, 0.15) is 24.5 Å². The van der Waals surface area contributed by atoms with Crippen molar-refractivity contribution in [1.29, 1.82) is 0 Å². The SMILES string of the molecule is CNCc1cccc(CS(=O)(=O)NCC2CC2C)c1. The van der Waals surface area contributed by atoms with E-state index in [1.807, 2.05) is 31.3 Å². The number of benzene rings is 1. The molecule has 5 heteroatoms. The van der Waals surface area contributed by atoms with Crippen LogP contribution in [0, 0.1) is 11.8 Å². The first-order valence-electron chi connectivity index (χ1n) is 6.70. The molecule has 2 unspecified atom stereocenters. The van der Waals surface area contributed by atoms with Crippen molar-refractivity contribution >= 4 is 10.0 Å². The topological polar surface area (TPSA) is 58.2 Å². The molecule has 2 N–H and O–H groups in total. The minimum Gasteiger partial charge on any atom is -0.316 e. The lowest BCUT2D eigenvalue weighted by Gasteiger charge is -2.08. The number of rotatable bonds is 7. The van der Waals surface area contributed by atoms with Crippen LogP contribution in [-0.4, -0.2) is 22.0 Å². The van der Waals surface area contributed by atoms with Gasteiger partial charge in [-0.3, -0.25) is 0 Å². The van der Waals surface area contributed by atoms with Gasteiger partial charge < -0.3 is 5.32 Å². The molecule has 4 nitrogen and oxygen atoms in total. The fourth-order valence-electron chi connectivity index (χ4n) is 2.22. The summed E-state index contributed by atoms with van der Waals surface area (Å²) in [4.78, 5) is 0. The summed E-state index contributed by atoms with van der Waals surface area (Å²) < 4.78 is 26.7. The molecule has 2 atom stereocenters. The Kier molecular flexibility index (Phi) is 4.60. The van der Waals surface area contributed by atoms with E-state index in [0.29, 0.717) is 18.4 Å². The summed E-state index contributed by atoms with van der Waals surface area (Å²) in [5, 5.41) is 3.06. The molecule has 106 valence electrons. The summed E-state index contributed by atoms with van der Waals surface area (Å²) in [6, 6.07) is 7.69. The molecular weight excluding hydrogens is 260 g/mol. The highest BCUT2D eigenvalue weighted by Crippen LogP contribution is 2.36. The third-order valence-corrected chi connectivity index (χ3v) is 4.89. The van der Waals surface area contributed by atoms with Gasteiger partial charge >= 0.3 is 0 Å². The van der Waals surface area contributed by atoms with E-state index in [1.165, 1.54) is 0 Å². The van der Waals surface area contributed by atoms with Crippen molar-refractivity contribution in [3.05, 3.63) is 35.4 Å². The van der Waals surface area contributed by atoms with Crippen molar-refractivity contribution in [2.24, 2.45) is 11.8 Å². The van der Waals surface area contributed by atoms with E-state index in [2.05, 4.69) is 17.0 Å². The van der Waals surface area contributed by atoms with Crippen LogP contribution < -0.4 is 10.0 Å². The summed E-state index contributed by atoms with van der Waals surface area (Å²) in [6.07, 6.45) is 1.14. The van der Waals surface area contributed by atoms with Gasteiger partial charge in [0.25, 0.3) is 0 Å². The monoisotopic (exact) mass is 282 g/mol. The van der Waals surface area contributed by atoms with Crippen LogP contribution >= 0.6 is 0 Å². The van der Waals surface area contributed by atoms with Crippen molar-refractivity contribution < 1.29 is 8.42 Å². The number of hydrogen-bond acceptors (Lipinski definition) is 3. The Morgan fingerprint density at radius 1 is 1.32 bits per heavy atom. The molecular formula is C14H22N2O2S. The first-order chi connectivity index (χ1) is 9.00. The molecule has 1 aliphatic rings. The van der Waals surface area contributed by atoms with E-state index in [9.17, 15) is 8.42 Å². The van der Waals surface area contributed by atoms with Crippen molar-refractivity contribution in [1.82, 2.24) is 10.0 Å². The van der Waals surface area contributed by atoms with E-state index in [0.717, 1.165) is 24.1 Å². The van der Waals surface area contributed by atoms with Crippen LogP contribution in [0.5, 0.6) is 0 Å². The lowest BCUT2D eigenvalue weighted by Crippen LogP contribution is -2.27. The molecule has 0 saturated heterocycles. The van der Waals surface area contributed by atoms with Gasteiger partial charge in [-0.2, -0.15) is 0 Å². The fraction of sp³-hybridized carbons (Fsp3) is 0.571. The summed E-state index contributed by atoms with van der Waals surface area (Å²) in [6.45, 7) is 3.49. The predicted octanol–water partition coefficient (Wildman–Crippen LogP) is 1.48. The Labute approximate surface area is 115 Å². The van der Waals surface area contributed by atoms with Gasteiger partial charge in [0.2, 0.25) is 10.0 Å². The predicted molar refractivity (Wildman–Crippen MR) is 77.1 cm³/mol. The normalized spacial score (nSPS) is 22.4. The Morgan fingerprint density at radius 3 is 2.63 bits per heavy atom. The van der Waals surface area contributed by atoms with Crippen LogP contribution in [0.4, 0.5) is 0 Å². The Bertz CT molecular complexity index is 528. The van der Waals surface area contributed by atoms with Gasteiger partial charge in [0, 0.05) is 13.1 Å².